The SMILES string of the molecule is CCCC(C)NC(=O)C1N(CCCO)C(=O)[C@@H]2[C@H](C(=O)NC)[C@]3(C)CCC12S3. The van der Waals surface area contributed by atoms with Crippen molar-refractivity contribution >= 4 is 29.5 Å². The van der Waals surface area contributed by atoms with Crippen LogP contribution in [-0.4, -0.2) is 69.5 Å². The van der Waals surface area contributed by atoms with Crippen molar-refractivity contribution < 1.29 is 19.5 Å². The van der Waals surface area contributed by atoms with Crippen LogP contribution in [0.5, 0.6) is 0 Å². The van der Waals surface area contributed by atoms with Crippen LogP contribution in [0, 0.1) is 11.8 Å². The number of aliphatic hydroxyl groups is 1. The van der Waals surface area contributed by atoms with Crippen molar-refractivity contribution in [2.45, 2.75) is 74.5 Å². The van der Waals surface area contributed by atoms with Crippen molar-refractivity contribution in [2.24, 2.45) is 11.8 Å². The minimum atomic E-state index is -0.586. The first-order chi connectivity index (χ1) is 13.3. The summed E-state index contributed by atoms with van der Waals surface area (Å²) < 4.78 is -0.883. The largest absolute Gasteiger partial charge is 0.396 e. The molecule has 3 fully saturated rings. The summed E-state index contributed by atoms with van der Waals surface area (Å²) in [4.78, 5) is 41.2. The van der Waals surface area contributed by atoms with Gasteiger partial charge in [-0.3, -0.25) is 14.4 Å². The van der Waals surface area contributed by atoms with Crippen molar-refractivity contribution in [1.29, 1.82) is 0 Å². The number of thioether (sulfide) groups is 1. The number of rotatable bonds is 8. The summed E-state index contributed by atoms with van der Waals surface area (Å²) >= 11 is 1.67. The molecular weight excluding hydrogens is 378 g/mol. The van der Waals surface area contributed by atoms with Gasteiger partial charge in [0.1, 0.15) is 6.04 Å². The third-order valence-corrected chi connectivity index (χ3v) is 8.71. The molecule has 7 nitrogen and oxygen atoms in total. The number of amides is 3. The average molecular weight is 412 g/mol. The van der Waals surface area contributed by atoms with Crippen LogP contribution < -0.4 is 10.6 Å². The fourth-order valence-corrected chi connectivity index (χ4v) is 7.95. The maximum absolute atomic E-state index is 13.4. The summed E-state index contributed by atoms with van der Waals surface area (Å²) in [5.41, 5.74) is 0. The van der Waals surface area contributed by atoms with Gasteiger partial charge in [0.25, 0.3) is 0 Å². The smallest absolute Gasteiger partial charge is 0.244 e. The number of likely N-dealkylation sites (tertiary alicyclic amines) is 1. The zero-order valence-electron chi connectivity index (χ0n) is 17.3. The van der Waals surface area contributed by atoms with Crippen molar-refractivity contribution in [3.8, 4) is 0 Å². The predicted molar refractivity (Wildman–Crippen MR) is 109 cm³/mol. The van der Waals surface area contributed by atoms with E-state index < -0.39 is 22.6 Å². The molecule has 0 aliphatic carbocycles. The Morgan fingerprint density at radius 3 is 2.68 bits per heavy atom. The van der Waals surface area contributed by atoms with E-state index in [9.17, 15) is 19.5 Å². The van der Waals surface area contributed by atoms with Gasteiger partial charge >= 0.3 is 0 Å². The highest BCUT2D eigenvalue weighted by Gasteiger charge is 2.76. The lowest BCUT2D eigenvalue weighted by Gasteiger charge is -2.35. The Bertz CT molecular complexity index is 659. The molecule has 3 saturated heterocycles. The Balaban J connectivity index is 1.98. The summed E-state index contributed by atoms with van der Waals surface area (Å²) in [7, 11) is 1.61. The van der Waals surface area contributed by atoms with Gasteiger partial charge in [-0.15, -0.1) is 11.8 Å². The quantitative estimate of drug-likeness (QED) is 0.551. The van der Waals surface area contributed by atoms with Crippen molar-refractivity contribution in [3.05, 3.63) is 0 Å². The zero-order valence-corrected chi connectivity index (χ0v) is 18.1. The monoisotopic (exact) mass is 411 g/mol. The Kier molecular flexibility index (Phi) is 6.01. The van der Waals surface area contributed by atoms with Gasteiger partial charge in [-0.1, -0.05) is 13.3 Å². The standard InChI is InChI=1S/C20H33N3O4S/c1-5-7-12(2)22-17(26)15-20-9-8-19(3,28-20)13(16(25)21-4)14(20)18(27)23(15)10-6-11-24/h12-15,24H,5-11H2,1-4H3,(H,21,25)(H,22,26)/t12?,13-,14+,15?,19+,20?/m1/s1. The summed E-state index contributed by atoms with van der Waals surface area (Å²) in [6.07, 6.45) is 3.86. The summed E-state index contributed by atoms with van der Waals surface area (Å²) in [6.45, 7) is 6.43. The number of nitrogens with one attached hydrogen (secondary N) is 2. The lowest BCUT2D eigenvalue weighted by molar-refractivity contribution is -0.140. The van der Waals surface area contributed by atoms with Crippen LogP contribution in [-0.2, 0) is 14.4 Å². The number of hydrogen-bond acceptors (Lipinski definition) is 5. The number of hydrogen-bond donors (Lipinski definition) is 3. The molecule has 6 atom stereocenters. The second kappa shape index (κ2) is 7.86. The van der Waals surface area contributed by atoms with E-state index in [1.54, 1.807) is 23.7 Å². The van der Waals surface area contributed by atoms with E-state index in [-0.39, 0.29) is 35.1 Å². The molecule has 3 unspecified atom stereocenters. The minimum Gasteiger partial charge on any atom is -0.396 e. The van der Waals surface area contributed by atoms with E-state index in [2.05, 4.69) is 24.5 Å². The van der Waals surface area contributed by atoms with Crippen LogP contribution in [0.15, 0.2) is 0 Å². The zero-order chi connectivity index (χ0) is 20.7. The van der Waals surface area contributed by atoms with Crippen LogP contribution in [0.1, 0.15) is 52.9 Å². The maximum Gasteiger partial charge on any atom is 0.244 e. The first kappa shape index (κ1) is 21.4. The van der Waals surface area contributed by atoms with Crippen molar-refractivity contribution in [2.75, 3.05) is 20.2 Å². The number of carbonyl (C=O) groups excluding carboxylic acids is 3. The van der Waals surface area contributed by atoms with Crippen LogP contribution in [0.3, 0.4) is 0 Å². The third kappa shape index (κ3) is 3.12. The Morgan fingerprint density at radius 1 is 1.36 bits per heavy atom. The number of nitrogens with zero attached hydrogens (tertiary/aromatic N) is 1. The van der Waals surface area contributed by atoms with Gasteiger partial charge in [0, 0.05) is 31.0 Å². The number of aliphatic hydroxyl groups excluding tert-OH is 1. The fourth-order valence-electron chi connectivity index (χ4n) is 5.59. The van der Waals surface area contributed by atoms with E-state index in [1.165, 1.54) is 0 Å². The molecule has 3 aliphatic rings. The maximum atomic E-state index is 13.4. The van der Waals surface area contributed by atoms with Crippen LogP contribution in [0.4, 0.5) is 0 Å². The molecule has 2 bridgehead atoms. The van der Waals surface area contributed by atoms with E-state index >= 15 is 0 Å². The number of carbonyl (C=O) groups is 3. The molecule has 3 rings (SSSR count). The highest BCUT2D eigenvalue weighted by molar-refractivity contribution is 8.02. The van der Waals surface area contributed by atoms with Crippen molar-refractivity contribution in [3.63, 3.8) is 0 Å². The van der Waals surface area contributed by atoms with Gasteiger partial charge in [-0.25, -0.2) is 0 Å². The van der Waals surface area contributed by atoms with Gasteiger partial charge in [-0.05, 0) is 39.5 Å². The molecule has 3 N–H and O–H groups in total. The second-order valence-electron chi connectivity index (χ2n) is 8.65. The van der Waals surface area contributed by atoms with Crippen LogP contribution in [0.25, 0.3) is 0 Å². The highest BCUT2D eigenvalue weighted by atomic mass is 32.2. The summed E-state index contributed by atoms with van der Waals surface area (Å²) in [5, 5.41) is 15.1. The predicted octanol–water partition coefficient (Wildman–Crippen LogP) is 0.901. The van der Waals surface area contributed by atoms with Gasteiger partial charge in [-0.2, -0.15) is 0 Å². The Hall–Kier alpha value is -1.28. The molecular formula is C20H33N3O4S. The molecule has 0 saturated carbocycles. The topological polar surface area (TPSA) is 98.7 Å². The molecule has 1 spiro atoms. The third-order valence-electron chi connectivity index (χ3n) is 6.72. The Labute approximate surface area is 171 Å². The summed E-state index contributed by atoms with van der Waals surface area (Å²) in [6, 6.07) is -0.547. The summed E-state index contributed by atoms with van der Waals surface area (Å²) in [5.74, 6) is -1.25. The van der Waals surface area contributed by atoms with Crippen molar-refractivity contribution in [1.82, 2.24) is 15.5 Å². The first-order valence-electron chi connectivity index (χ1n) is 10.4. The van der Waals surface area contributed by atoms with E-state index in [0.29, 0.717) is 13.0 Å². The molecule has 3 amide bonds. The molecule has 0 aromatic rings. The molecule has 28 heavy (non-hydrogen) atoms. The van der Waals surface area contributed by atoms with Gasteiger partial charge in [0.15, 0.2) is 0 Å². The first-order valence-corrected chi connectivity index (χ1v) is 11.2. The molecule has 0 radical (unpaired) electrons. The minimum absolute atomic E-state index is 0.0360. The lowest BCUT2D eigenvalue weighted by Crippen LogP contribution is -2.55. The fraction of sp³-hybridized carbons (Fsp3) is 0.850. The van der Waals surface area contributed by atoms with Gasteiger partial charge < -0.3 is 20.6 Å². The molecule has 8 heteroatoms. The highest BCUT2D eigenvalue weighted by Crippen LogP contribution is 2.71. The van der Waals surface area contributed by atoms with Crippen LogP contribution >= 0.6 is 11.8 Å². The molecule has 158 valence electrons. The number of fused-ring (bicyclic) bond motifs is 1. The van der Waals surface area contributed by atoms with E-state index in [4.69, 9.17) is 0 Å². The Morgan fingerprint density at radius 2 is 2.07 bits per heavy atom. The van der Waals surface area contributed by atoms with Gasteiger partial charge in [0.2, 0.25) is 17.7 Å². The molecule has 0 aromatic carbocycles. The second-order valence-corrected chi connectivity index (χ2v) is 10.5. The van der Waals surface area contributed by atoms with E-state index in [0.717, 1.165) is 25.7 Å². The van der Waals surface area contributed by atoms with Crippen LogP contribution in [0.2, 0.25) is 0 Å². The lowest BCUT2D eigenvalue weighted by atomic mass is 9.66. The van der Waals surface area contributed by atoms with E-state index in [1.807, 2.05) is 6.92 Å². The normalized spacial score (nSPS) is 37.1. The average Bonchev–Trinajstić information content (AvgIpc) is 3.20. The molecule has 0 aromatic heterocycles. The molecule has 3 aliphatic heterocycles. The molecule has 3 heterocycles. The van der Waals surface area contributed by atoms with Gasteiger partial charge in [0.05, 0.1) is 16.6 Å².